The van der Waals surface area contributed by atoms with E-state index < -0.39 is 0 Å². The van der Waals surface area contributed by atoms with E-state index in [0.717, 1.165) is 36.5 Å². The fourth-order valence-corrected chi connectivity index (χ4v) is 2.22. The highest BCUT2D eigenvalue weighted by atomic mass is 16.5. The van der Waals surface area contributed by atoms with Gasteiger partial charge in [-0.1, -0.05) is 19.9 Å². The molecule has 18 heavy (non-hydrogen) atoms. The van der Waals surface area contributed by atoms with Gasteiger partial charge in [0.05, 0.1) is 0 Å². The van der Waals surface area contributed by atoms with Gasteiger partial charge in [-0.15, -0.1) is 0 Å². The zero-order chi connectivity index (χ0) is 13.0. The minimum Gasteiger partial charge on any atom is -0.492 e. The van der Waals surface area contributed by atoms with Crippen LogP contribution >= 0.6 is 0 Å². The molecular weight excluding hydrogens is 224 g/mol. The summed E-state index contributed by atoms with van der Waals surface area (Å²) in [5.74, 6) is 1.59. The van der Waals surface area contributed by atoms with Gasteiger partial charge < -0.3 is 10.5 Å². The highest BCUT2D eigenvalue weighted by Crippen LogP contribution is 2.27. The molecule has 0 saturated heterocycles. The summed E-state index contributed by atoms with van der Waals surface area (Å²) in [4.78, 5) is 2.55. The number of nitrogen functional groups attached to an aromatic ring is 1. The maximum Gasteiger partial charge on any atom is 0.121 e. The summed E-state index contributed by atoms with van der Waals surface area (Å²) in [6.45, 7) is 7.47. The lowest BCUT2D eigenvalue weighted by Gasteiger charge is -2.23. The largest absolute Gasteiger partial charge is 0.492 e. The van der Waals surface area contributed by atoms with Gasteiger partial charge >= 0.3 is 0 Å². The second-order valence-electron chi connectivity index (χ2n) is 5.54. The molecule has 0 atom stereocenters. The van der Waals surface area contributed by atoms with Crippen LogP contribution in [0.1, 0.15) is 26.7 Å². The minimum absolute atomic E-state index is 0.720. The molecule has 1 aromatic rings. The van der Waals surface area contributed by atoms with Crippen LogP contribution < -0.4 is 10.5 Å². The average Bonchev–Trinajstić information content (AvgIpc) is 3.11. The third-order valence-electron chi connectivity index (χ3n) is 3.17. The van der Waals surface area contributed by atoms with Crippen LogP contribution in [0.25, 0.3) is 0 Å². The molecular formula is C15H24N2O. The quantitative estimate of drug-likeness (QED) is 0.754. The third-order valence-corrected chi connectivity index (χ3v) is 3.17. The first-order chi connectivity index (χ1) is 8.65. The molecule has 0 aromatic heterocycles. The minimum atomic E-state index is 0.720. The van der Waals surface area contributed by atoms with E-state index in [1.165, 1.54) is 19.4 Å². The Morgan fingerprint density at radius 1 is 1.39 bits per heavy atom. The van der Waals surface area contributed by atoms with Crippen molar-refractivity contribution in [3.8, 4) is 5.75 Å². The van der Waals surface area contributed by atoms with E-state index in [-0.39, 0.29) is 0 Å². The lowest BCUT2D eigenvalue weighted by atomic mass is 10.2. The Balaban J connectivity index is 1.76. The number of nitrogens with zero attached hydrogens (tertiary/aromatic N) is 1. The van der Waals surface area contributed by atoms with Crippen molar-refractivity contribution < 1.29 is 4.74 Å². The summed E-state index contributed by atoms with van der Waals surface area (Å²) in [5.41, 5.74) is 6.48. The predicted octanol–water partition coefficient (Wildman–Crippen LogP) is 2.77. The van der Waals surface area contributed by atoms with Crippen molar-refractivity contribution in [2.75, 3.05) is 25.4 Å². The van der Waals surface area contributed by atoms with Gasteiger partial charge in [0.25, 0.3) is 0 Å². The number of anilines is 1. The van der Waals surface area contributed by atoms with E-state index >= 15 is 0 Å². The number of rotatable bonds is 7. The van der Waals surface area contributed by atoms with Gasteiger partial charge in [-0.3, -0.25) is 4.90 Å². The summed E-state index contributed by atoms with van der Waals surface area (Å²) in [6.07, 6.45) is 2.70. The first-order valence-corrected chi connectivity index (χ1v) is 6.87. The zero-order valence-corrected chi connectivity index (χ0v) is 11.4. The van der Waals surface area contributed by atoms with Crippen LogP contribution in [0.5, 0.6) is 5.75 Å². The lowest BCUT2D eigenvalue weighted by molar-refractivity contribution is 0.185. The van der Waals surface area contributed by atoms with Crippen LogP contribution in [-0.2, 0) is 0 Å². The van der Waals surface area contributed by atoms with Gasteiger partial charge in [-0.25, -0.2) is 0 Å². The van der Waals surface area contributed by atoms with E-state index in [0.29, 0.717) is 0 Å². The fraction of sp³-hybridized carbons (Fsp3) is 0.600. The molecule has 1 aliphatic carbocycles. The SMILES string of the molecule is CC(C)CN(CCOc1cccc(N)c1)C1CC1. The van der Waals surface area contributed by atoms with Gasteiger partial charge in [-0.05, 0) is 30.9 Å². The summed E-state index contributed by atoms with van der Waals surface area (Å²) in [5, 5.41) is 0. The zero-order valence-electron chi connectivity index (χ0n) is 11.4. The van der Waals surface area contributed by atoms with Crippen molar-refractivity contribution >= 4 is 5.69 Å². The van der Waals surface area contributed by atoms with Gasteiger partial charge in [0.1, 0.15) is 12.4 Å². The molecule has 0 unspecified atom stereocenters. The number of nitrogens with two attached hydrogens (primary N) is 1. The Morgan fingerprint density at radius 3 is 2.78 bits per heavy atom. The van der Waals surface area contributed by atoms with Gasteiger partial charge in [-0.2, -0.15) is 0 Å². The first-order valence-electron chi connectivity index (χ1n) is 6.87. The van der Waals surface area contributed by atoms with Gasteiger partial charge in [0, 0.05) is 30.9 Å². The Bertz CT molecular complexity index is 375. The molecule has 1 fully saturated rings. The molecule has 3 nitrogen and oxygen atoms in total. The molecule has 0 aliphatic heterocycles. The predicted molar refractivity (Wildman–Crippen MR) is 75.8 cm³/mol. The van der Waals surface area contributed by atoms with E-state index in [2.05, 4.69) is 18.7 Å². The van der Waals surface area contributed by atoms with Crippen LogP contribution in [0.2, 0.25) is 0 Å². The highest BCUT2D eigenvalue weighted by molar-refractivity contribution is 5.43. The average molecular weight is 248 g/mol. The maximum atomic E-state index is 5.76. The molecule has 1 saturated carbocycles. The topological polar surface area (TPSA) is 38.5 Å². The number of benzene rings is 1. The molecule has 3 heteroatoms. The lowest BCUT2D eigenvalue weighted by Crippen LogP contribution is -2.33. The van der Waals surface area contributed by atoms with Gasteiger partial charge in [0.15, 0.2) is 0 Å². The Labute approximate surface area is 110 Å². The fourth-order valence-electron chi connectivity index (χ4n) is 2.22. The Morgan fingerprint density at radius 2 is 2.17 bits per heavy atom. The van der Waals surface area contributed by atoms with Gasteiger partial charge in [0.2, 0.25) is 0 Å². The molecule has 2 rings (SSSR count). The number of hydrogen-bond acceptors (Lipinski definition) is 3. The van der Waals surface area contributed by atoms with Crippen LogP contribution in [0.3, 0.4) is 0 Å². The molecule has 1 aromatic carbocycles. The molecule has 0 heterocycles. The Kier molecular flexibility index (Phi) is 4.48. The maximum absolute atomic E-state index is 5.76. The summed E-state index contributed by atoms with van der Waals surface area (Å²) >= 11 is 0. The molecule has 0 spiro atoms. The van der Waals surface area contributed by atoms with Crippen molar-refractivity contribution in [1.82, 2.24) is 4.90 Å². The van der Waals surface area contributed by atoms with Crippen LogP contribution in [0, 0.1) is 5.92 Å². The second-order valence-corrected chi connectivity index (χ2v) is 5.54. The number of hydrogen-bond donors (Lipinski definition) is 1. The molecule has 0 amide bonds. The third kappa shape index (κ3) is 4.22. The molecule has 2 N–H and O–H groups in total. The molecule has 1 aliphatic rings. The van der Waals surface area contributed by atoms with Crippen molar-refractivity contribution in [2.45, 2.75) is 32.7 Å². The van der Waals surface area contributed by atoms with E-state index in [9.17, 15) is 0 Å². The summed E-state index contributed by atoms with van der Waals surface area (Å²) in [6, 6.07) is 8.45. The van der Waals surface area contributed by atoms with Crippen LogP contribution in [0.4, 0.5) is 5.69 Å². The monoisotopic (exact) mass is 248 g/mol. The van der Waals surface area contributed by atoms with Crippen molar-refractivity contribution in [3.05, 3.63) is 24.3 Å². The molecule has 100 valence electrons. The first kappa shape index (κ1) is 13.2. The molecule has 0 radical (unpaired) electrons. The van der Waals surface area contributed by atoms with E-state index in [1.807, 2.05) is 24.3 Å². The van der Waals surface area contributed by atoms with E-state index in [1.54, 1.807) is 0 Å². The Hall–Kier alpha value is -1.22. The van der Waals surface area contributed by atoms with Crippen molar-refractivity contribution in [2.24, 2.45) is 5.92 Å². The van der Waals surface area contributed by atoms with E-state index in [4.69, 9.17) is 10.5 Å². The van der Waals surface area contributed by atoms with Crippen molar-refractivity contribution in [1.29, 1.82) is 0 Å². The normalized spacial score (nSPS) is 15.3. The summed E-state index contributed by atoms with van der Waals surface area (Å²) in [7, 11) is 0. The highest BCUT2D eigenvalue weighted by Gasteiger charge is 2.28. The standard InChI is InChI=1S/C15H24N2O/c1-12(2)11-17(14-6-7-14)8-9-18-15-5-3-4-13(16)10-15/h3-5,10,12,14H,6-9,11,16H2,1-2H3. The second kappa shape index (κ2) is 6.10. The summed E-state index contributed by atoms with van der Waals surface area (Å²) < 4.78 is 5.76. The molecule has 0 bridgehead atoms. The smallest absolute Gasteiger partial charge is 0.121 e. The van der Waals surface area contributed by atoms with Crippen molar-refractivity contribution in [3.63, 3.8) is 0 Å². The van der Waals surface area contributed by atoms with Crippen LogP contribution in [-0.4, -0.2) is 30.6 Å². The van der Waals surface area contributed by atoms with Crippen LogP contribution in [0.15, 0.2) is 24.3 Å². The number of ether oxygens (including phenoxy) is 1.